The molecule has 3 heterocycles. The number of ether oxygens (including phenoxy) is 1. The molecule has 0 bridgehead atoms. The first-order valence-electron chi connectivity index (χ1n) is 12.3. The fourth-order valence-electron chi connectivity index (χ4n) is 5.23. The van der Waals surface area contributed by atoms with Crippen LogP contribution >= 0.6 is 0 Å². The summed E-state index contributed by atoms with van der Waals surface area (Å²) in [6, 6.07) is 12.5. The average Bonchev–Trinajstić information content (AvgIpc) is 3.34. The van der Waals surface area contributed by atoms with Crippen molar-refractivity contribution in [1.29, 1.82) is 0 Å². The fraction of sp³-hybridized carbons (Fsp3) is 0.407. The third-order valence-electron chi connectivity index (χ3n) is 7.11. The third-order valence-corrected chi connectivity index (χ3v) is 7.11. The Bertz CT molecular complexity index is 1240. The summed E-state index contributed by atoms with van der Waals surface area (Å²) < 4.78 is 5.49. The summed E-state index contributed by atoms with van der Waals surface area (Å²) in [4.78, 5) is 59.5. The number of esters is 1. The molecule has 0 aromatic heterocycles. The lowest BCUT2D eigenvalue weighted by Crippen LogP contribution is -2.55. The van der Waals surface area contributed by atoms with E-state index in [1.165, 1.54) is 12.0 Å². The summed E-state index contributed by atoms with van der Waals surface area (Å²) in [5.74, 6) is -1.89. The number of benzene rings is 2. The van der Waals surface area contributed by atoms with Crippen molar-refractivity contribution in [1.82, 2.24) is 15.3 Å². The Kier molecular flexibility index (Phi) is 6.95. The Labute approximate surface area is 209 Å². The number of carbonyl (C=O) groups is 4. The zero-order valence-corrected chi connectivity index (χ0v) is 20.1. The first kappa shape index (κ1) is 24.3. The van der Waals surface area contributed by atoms with Crippen LogP contribution in [-0.4, -0.2) is 78.5 Å². The van der Waals surface area contributed by atoms with Gasteiger partial charge in [0.1, 0.15) is 11.8 Å². The van der Waals surface area contributed by atoms with E-state index in [-0.39, 0.29) is 29.5 Å². The molecule has 2 aromatic carbocycles. The average molecular weight is 492 g/mol. The van der Waals surface area contributed by atoms with Crippen LogP contribution in [0.15, 0.2) is 54.1 Å². The van der Waals surface area contributed by atoms with Gasteiger partial charge in [-0.2, -0.15) is 0 Å². The van der Waals surface area contributed by atoms with Crippen molar-refractivity contribution >= 4 is 34.3 Å². The molecule has 0 saturated carbocycles. The molecule has 9 heteroatoms. The van der Waals surface area contributed by atoms with Gasteiger partial charge in [-0.05, 0) is 36.2 Å². The molecule has 2 aromatic rings. The van der Waals surface area contributed by atoms with Crippen molar-refractivity contribution in [2.75, 3.05) is 32.7 Å². The quantitative estimate of drug-likeness (QED) is 0.601. The Morgan fingerprint density at radius 3 is 2.72 bits per heavy atom. The molecule has 3 unspecified atom stereocenters. The molecule has 0 amide bonds. The van der Waals surface area contributed by atoms with E-state index in [0.717, 1.165) is 22.4 Å². The normalized spacial score (nSPS) is 25.6. The molecule has 36 heavy (non-hydrogen) atoms. The zero-order chi connectivity index (χ0) is 25.2. The number of ketones is 2. The summed E-state index contributed by atoms with van der Waals surface area (Å²) in [5, 5.41) is 6.40. The topological polar surface area (TPSA) is 105 Å². The molecule has 0 spiro atoms. The number of piperazine rings is 1. The van der Waals surface area contributed by atoms with Gasteiger partial charge in [-0.25, -0.2) is 9.59 Å². The lowest BCUT2D eigenvalue weighted by molar-refractivity contribution is -0.244. The monoisotopic (exact) mass is 491 g/mol. The van der Waals surface area contributed by atoms with Crippen LogP contribution in [0.25, 0.3) is 10.8 Å². The maximum Gasteiger partial charge on any atom is 0.355 e. The number of rotatable bonds is 6. The third kappa shape index (κ3) is 4.95. The van der Waals surface area contributed by atoms with Crippen molar-refractivity contribution in [2.45, 2.75) is 32.0 Å². The van der Waals surface area contributed by atoms with Gasteiger partial charge < -0.3 is 14.9 Å². The van der Waals surface area contributed by atoms with E-state index in [1.54, 1.807) is 0 Å². The van der Waals surface area contributed by atoms with E-state index in [2.05, 4.69) is 5.32 Å². The molecule has 3 atom stereocenters. The summed E-state index contributed by atoms with van der Waals surface area (Å²) in [5.41, 5.74) is 0.765. The van der Waals surface area contributed by atoms with Gasteiger partial charge >= 0.3 is 11.9 Å². The van der Waals surface area contributed by atoms with Crippen LogP contribution in [0.4, 0.5) is 0 Å². The Balaban J connectivity index is 1.50. The molecule has 3 aliphatic rings. The van der Waals surface area contributed by atoms with Crippen LogP contribution < -0.4 is 5.32 Å². The SMILES string of the molecule is CC(=O)C1CCN(C(C(=O)Cc2cccc3ccccc23)/C2=C\C(=O)OC3CNCCN3OC2=O)C1. The number of hydrogen-bond donors (Lipinski definition) is 1. The summed E-state index contributed by atoms with van der Waals surface area (Å²) in [7, 11) is 0. The van der Waals surface area contributed by atoms with Gasteiger partial charge in [0, 0.05) is 38.0 Å². The highest BCUT2D eigenvalue weighted by Crippen LogP contribution is 2.28. The maximum absolute atomic E-state index is 13.9. The van der Waals surface area contributed by atoms with Crippen LogP contribution in [0.1, 0.15) is 18.9 Å². The van der Waals surface area contributed by atoms with Crippen LogP contribution in [0.3, 0.4) is 0 Å². The molecule has 5 rings (SSSR count). The molecule has 9 nitrogen and oxygen atoms in total. The van der Waals surface area contributed by atoms with Crippen LogP contribution in [0.5, 0.6) is 0 Å². The molecule has 188 valence electrons. The second-order valence-electron chi connectivity index (χ2n) is 9.49. The first-order chi connectivity index (χ1) is 17.4. The van der Waals surface area contributed by atoms with E-state index < -0.39 is 24.2 Å². The van der Waals surface area contributed by atoms with Crippen LogP contribution in [0, 0.1) is 5.92 Å². The molecule has 0 aliphatic carbocycles. The highest BCUT2D eigenvalue weighted by Gasteiger charge is 2.42. The maximum atomic E-state index is 13.9. The molecule has 3 aliphatic heterocycles. The van der Waals surface area contributed by atoms with Crippen molar-refractivity contribution in [3.05, 3.63) is 59.7 Å². The number of likely N-dealkylation sites (tertiary alicyclic amines) is 1. The van der Waals surface area contributed by atoms with Crippen molar-refractivity contribution in [2.24, 2.45) is 5.92 Å². The molecular formula is C27H29N3O6. The Morgan fingerprint density at radius 2 is 1.92 bits per heavy atom. The Morgan fingerprint density at radius 1 is 1.11 bits per heavy atom. The molecule has 2 fully saturated rings. The highest BCUT2D eigenvalue weighted by molar-refractivity contribution is 6.05. The minimum atomic E-state index is -1.03. The predicted molar refractivity (Wildman–Crippen MR) is 130 cm³/mol. The summed E-state index contributed by atoms with van der Waals surface area (Å²) in [6.07, 6.45) is 0.997. The van der Waals surface area contributed by atoms with E-state index in [0.29, 0.717) is 39.1 Å². The smallest absolute Gasteiger partial charge is 0.355 e. The van der Waals surface area contributed by atoms with Gasteiger partial charge in [0.05, 0.1) is 12.1 Å². The van der Waals surface area contributed by atoms with Crippen molar-refractivity contribution in [3.8, 4) is 0 Å². The lowest BCUT2D eigenvalue weighted by atomic mass is 9.93. The molecular weight excluding hydrogens is 462 g/mol. The number of nitrogens with one attached hydrogen (secondary N) is 1. The molecule has 1 N–H and O–H groups in total. The van der Waals surface area contributed by atoms with Crippen LogP contribution in [0.2, 0.25) is 0 Å². The summed E-state index contributed by atoms with van der Waals surface area (Å²) in [6.45, 7) is 3.56. The summed E-state index contributed by atoms with van der Waals surface area (Å²) >= 11 is 0. The standard InChI is InChI=1S/C27H29N3O6/c1-17(31)20-9-11-29(16-20)26(23(32)13-19-7-4-6-18-5-2-3-8-21(18)19)22-14-25(33)35-24-15-28-10-12-30(24)36-27(22)34/h2-8,14,20,24,26,28H,9-13,15-16H2,1H3/b22-14+. The number of hydrogen-bond acceptors (Lipinski definition) is 9. The van der Waals surface area contributed by atoms with E-state index in [1.807, 2.05) is 47.4 Å². The minimum absolute atomic E-state index is 0.0371. The van der Waals surface area contributed by atoms with E-state index in [9.17, 15) is 19.2 Å². The van der Waals surface area contributed by atoms with Crippen molar-refractivity contribution < 1.29 is 28.8 Å². The lowest BCUT2D eigenvalue weighted by Gasteiger charge is -2.36. The van der Waals surface area contributed by atoms with Gasteiger partial charge in [-0.3, -0.25) is 14.5 Å². The van der Waals surface area contributed by atoms with Crippen molar-refractivity contribution in [3.63, 3.8) is 0 Å². The number of nitrogens with zero attached hydrogens (tertiary/aromatic N) is 2. The van der Waals surface area contributed by atoms with Gasteiger partial charge in [-0.15, -0.1) is 0 Å². The first-order valence-corrected chi connectivity index (χ1v) is 12.3. The number of hydroxylamine groups is 2. The number of Topliss-reactive ketones (excluding diaryl/α,β-unsaturated/α-hetero) is 2. The van der Waals surface area contributed by atoms with Crippen LogP contribution in [-0.2, 0) is 35.2 Å². The number of carbonyl (C=O) groups excluding carboxylic acids is 4. The fourth-order valence-corrected chi connectivity index (χ4v) is 5.23. The molecule has 0 radical (unpaired) electrons. The van der Waals surface area contributed by atoms with Gasteiger partial charge in [0.25, 0.3) is 0 Å². The van der Waals surface area contributed by atoms with E-state index >= 15 is 0 Å². The second kappa shape index (κ2) is 10.3. The molecule has 2 saturated heterocycles. The largest absolute Gasteiger partial charge is 0.439 e. The highest BCUT2D eigenvalue weighted by atomic mass is 16.7. The van der Waals surface area contributed by atoms with Gasteiger partial charge in [0.2, 0.25) is 0 Å². The zero-order valence-electron chi connectivity index (χ0n) is 20.1. The van der Waals surface area contributed by atoms with Gasteiger partial charge in [0.15, 0.2) is 12.0 Å². The predicted octanol–water partition coefficient (Wildman–Crippen LogP) is 1.40. The Hall–Kier alpha value is -3.40. The van der Waals surface area contributed by atoms with E-state index in [4.69, 9.17) is 9.57 Å². The number of fused-ring (bicyclic) bond motifs is 2. The van der Waals surface area contributed by atoms with Gasteiger partial charge in [-0.1, -0.05) is 47.5 Å². The second-order valence-corrected chi connectivity index (χ2v) is 9.49. The minimum Gasteiger partial charge on any atom is -0.439 e.